The SMILES string of the molecule is BC(=O)[C@H](OI)C(OI)C(C)C. The highest BCUT2D eigenvalue weighted by atomic mass is 127. The topological polar surface area (TPSA) is 35.5 Å². The zero-order chi connectivity index (χ0) is 9.72. The second-order valence-corrected chi connectivity index (χ2v) is 3.94. The van der Waals surface area contributed by atoms with Crippen molar-refractivity contribution in [1.82, 2.24) is 0 Å². The molecule has 0 N–H and O–H groups in total. The molecule has 0 aromatic carbocycles. The van der Waals surface area contributed by atoms with Crippen LogP contribution in [0.15, 0.2) is 0 Å². The van der Waals surface area contributed by atoms with E-state index in [1.807, 2.05) is 13.8 Å². The van der Waals surface area contributed by atoms with Gasteiger partial charge in [-0.1, -0.05) is 13.8 Å². The monoisotopic (exact) mass is 396 g/mol. The molecule has 12 heavy (non-hydrogen) atoms. The van der Waals surface area contributed by atoms with Crippen molar-refractivity contribution in [3.63, 3.8) is 0 Å². The molecule has 0 saturated heterocycles. The molecule has 0 saturated carbocycles. The second kappa shape index (κ2) is 6.55. The summed E-state index contributed by atoms with van der Waals surface area (Å²) in [5, 5.41) is 0. The Labute approximate surface area is 102 Å². The zero-order valence-electron chi connectivity index (χ0n) is 7.21. The minimum absolute atomic E-state index is 0.000217. The standard InChI is InChI=1S/C6H11BI2O3/c1-3(2)4(11-8)5(12-9)6(7)10/h3-5H,7H2,1-2H3/t4?,5-/m1/s1. The normalized spacial score (nSPS) is 16.1. The molecule has 0 aliphatic heterocycles. The van der Waals surface area contributed by atoms with Gasteiger partial charge in [0, 0.05) is 0 Å². The summed E-state index contributed by atoms with van der Waals surface area (Å²) in [6.45, 7) is 3.99. The van der Waals surface area contributed by atoms with Gasteiger partial charge in [-0.2, -0.15) is 0 Å². The number of hydrogen-bond donors (Lipinski definition) is 0. The molecular weight excluding hydrogens is 385 g/mol. The molecule has 2 atom stereocenters. The van der Waals surface area contributed by atoms with Crippen LogP contribution in [0.25, 0.3) is 0 Å². The van der Waals surface area contributed by atoms with Gasteiger partial charge >= 0.3 is 0 Å². The summed E-state index contributed by atoms with van der Waals surface area (Å²) < 4.78 is 10.2. The molecule has 6 heteroatoms. The van der Waals surface area contributed by atoms with E-state index in [2.05, 4.69) is 0 Å². The largest absolute Gasteiger partial charge is 0.309 e. The van der Waals surface area contributed by atoms with E-state index < -0.39 is 6.10 Å². The van der Waals surface area contributed by atoms with Crippen molar-refractivity contribution in [3.8, 4) is 0 Å². The summed E-state index contributed by atoms with van der Waals surface area (Å²) in [6.07, 6.45) is -0.623. The molecule has 0 amide bonds. The molecular formula is C6H11BI2O3. The van der Waals surface area contributed by atoms with Crippen LogP contribution in [-0.4, -0.2) is 25.7 Å². The van der Waals surface area contributed by atoms with Gasteiger partial charge in [-0.15, -0.1) is 0 Å². The van der Waals surface area contributed by atoms with Crippen molar-refractivity contribution < 1.29 is 10.9 Å². The summed E-state index contributed by atoms with van der Waals surface area (Å²) in [4.78, 5) is 11.1. The Hall–Kier alpha value is 1.11. The van der Waals surface area contributed by atoms with Crippen molar-refractivity contribution in [3.05, 3.63) is 0 Å². The molecule has 0 aromatic heterocycles. The maximum atomic E-state index is 11.1. The summed E-state index contributed by atoms with van der Waals surface area (Å²) in [6, 6.07) is 0. The fourth-order valence-corrected chi connectivity index (χ4v) is 2.35. The van der Waals surface area contributed by atoms with Crippen LogP contribution in [-0.2, 0) is 10.9 Å². The Bertz CT molecular complexity index is 154. The van der Waals surface area contributed by atoms with Crippen LogP contribution >= 0.6 is 46.0 Å². The Morgan fingerprint density at radius 1 is 1.33 bits per heavy atom. The quantitative estimate of drug-likeness (QED) is 0.519. The van der Waals surface area contributed by atoms with E-state index in [0.717, 1.165) is 0 Å². The van der Waals surface area contributed by atoms with E-state index in [9.17, 15) is 4.79 Å². The average molecular weight is 396 g/mol. The molecule has 0 aromatic rings. The van der Waals surface area contributed by atoms with E-state index in [1.165, 1.54) is 7.85 Å². The van der Waals surface area contributed by atoms with E-state index in [0.29, 0.717) is 0 Å². The Morgan fingerprint density at radius 3 is 1.92 bits per heavy atom. The lowest BCUT2D eigenvalue weighted by Gasteiger charge is -2.23. The first-order valence-electron chi connectivity index (χ1n) is 3.59. The molecule has 70 valence electrons. The molecule has 0 aliphatic rings. The lowest BCUT2D eigenvalue weighted by atomic mass is 9.89. The van der Waals surface area contributed by atoms with E-state index in [4.69, 9.17) is 6.13 Å². The molecule has 0 radical (unpaired) electrons. The van der Waals surface area contributed by atoms with E-state index in [1.54, 1.807) is 46.0 Å². The highest BCUT2D eigenvalue weighted by Crippen LogP contribution is 2.18. The molecule has 0 rings (SSSR count). The molecule has 1 unspecified atom stereocenters. The van der Waals surface area contributed by atoms with Crippen LogP contribution in [0.1, 0.15) is 13.8 Å². The lowest BCUT2D eigenvalue weighted by Crippen LogP contribution is -2.38. The fourth-order valence-electron chi connectivity index (χ4n) is 0.844. The molecule has 0 aliphatic carbocycles. The van der Waals surface area contributed by atoms with Gasteiger partial charge in [-0.05, 0) is 5.92 Å². The fraction of sp³-hybridized carbons (Fsp3) is 0.833. The van der Waals surface area contributed by atoms with Gasteiger partial charge in [0.25, 0.3) is 0 Å². The van der Waals surface area contributed by atoms with Crippen LogP contribution < -0.4 is 0 Å². The second-order valence-electron chi connectivity index (χ2n) is 2.92. The Morgan fingerprint density at radius 2 is 1.83 bits per heavy atom. The third-order valence-electron chi connectivity index (χ3n) is 1.55. The number of rotatable bonds is 5. The first-order valence-corrected chi connectivity index (χ1v) is 5.36. The maximum absolute atomic E-state index is 11.1. The summed E-state index contributed by atoms with van der Waals surface area (Å²) >= 11 is 3.53. The molecule has 3 nitrogen and oxygen atoms in total. The highest BCUT2D eigenvalue weighted by molar-refractivity contribution is 14.1. The van der Waals surface area contributed by atoms with Gasteiger partial charge in [0.2, 0.25) is 0 Å². The minimum Gasteiger partial charge on any atom is -0.309 e. The Kier molecular flexibility index (Phi) is 7.16. The number of halogens is 2. The predicted molar refractivity (Wildman–Crippen MR) is 66.2 cm³/mol. The molecule has 0 fully saturated rings. The summed E-state index contributed by atoms with van der Waals surface area (Å²) in [7, 11) is 1.51. The van der Waals surface area contributed by atoms with Crippen LogP contribution in [0.4, 0.5) is 0 Å². The van der Waals surface area contributed by atoms with Crippen molar-refractivity contribution in [1.29, 1.82) is 0 Å². The first-order chi connectivity index (χ1) is 5.54. The van der Waals surface area contributed by atoms with Crippen LogP contribution in [0.3, 0.4) is 0 Å². The van der Waals surface area contributed by atoms with Crippen LogP contribution in [0, 0.1) is 5.92 Å². The number of hydrogen-bond acceptors (Lipinski definition) is 3. The molecule has 0 spiro atoms. The van der Waals surface area contributed by atoms with Gasteiger partial charge in [-0.25, -0.2) is 0 Å². The van der Waals surface area contributed by atoms with Gasteiger partial charge in [-0.3, -0.25) is 0 Å². The smallest absolute Gasteiger partial charge is 0.190 e. The minimum atomic E-state index is -0.456. The number of carbonyl (C=O) groups is 1. The predicted octanol–water partition coefficient (Wildman–Crippen LogP) is 1.27. The van der Waals surface area contributed by atoms with E-state index in [-0.39, 0.29) is 17.7 Å². The lowest BCUT2D eigenvalue weighted by molar-refractivity contribution is -0.120. The Balaban J connectivity index is 4.33. The van der Waals surface area contributed by atoms with Crippen molar-refractivity contribution in [2.24, 2.45) is 5.92 Å². The van der Waals surface area contributed by atoms with Gasteiger partial charge in [0.15, 0.2) is 7.85 Å². The highest BCUT2D eigenvalue weighted by Gasteiger charge is 2.28. The number of carbonyl (C=O) groups excluding carboxylic acids is 1. The zero-order valence-corrected chi connectivity index (χ0v) is 11.5. The third kappa shape index (κ3) is 3.88. The van der Waals surface area contributed by atoms with E-state index >= 15 is 0 Å². The van der Waals surface area contributed by atoms with Gasteiger partial charge in [0.05, 0.1) is 0 Å². The van der Waals surface area contributed by atoms with Crippen molar-refractivity contribution in [2.75, 3.05) is 0 Å². The van der Waals surface area contributed by atoms with Crippen molar-refractivity contribution in [2.45, 2.75) is 26.1 Å². The summed E-state index contributed by atoms with van der Waals surface area (Å²) in [5.74, 6) is 0.269. The summed E-state index contributed by atoms with van der Waals surface area (Å²) in [5.41, 5.74) is -0.000217. The molecule has 0 bridgehead atoms. The van der Waals surface area contributed by atoms with Crippen LogP contribution in [0.5, 0.6) is 0 Å². The van der Waals surface area contributed by atoms with Crippen molar-refractivity contribution >= 4 is 59.5 Å². The third-order valence-corrected chi connectivity index (χ3v) is 2.69. The average Bonchev–Trinajstić information content (AvgIpc) is 1.98. The van der Waals surface area contributed by atoms with Crippen LogP contribution in [0.2, 0.25) is 0 Å². The molecule has 0 heterocycles. The maximum Gasteiger partial charge on any atom is 0.190 e. The van der Waals surface area contributed by atoms with Gasteiger partial charge in [0.1, 0.15) is 63.9 Å². The first kappa shape index (κ1) is 13.1. The van der Waals surface area contributed by atoms with Gasteiger partial charge < -0.3 is 10.9 Å².